The SMILES string of the molecule is Cc1ccc(-c2nc(C)c(C(=O)N3CCC([C@@H](C)C(=O)NCCc4c(C)noc4C)CC3)s2)cc1. The first-order chi connectivity index (χ1) is 16.7. The maximum absolute atomic E-state index is 13.2. The first-order valence-corrected chi connectivity index (χ1v) is 13.1. The first-order valence-electron chi connectivity index (χ1n) is 12.3. The largest absolute Gasteiger partial charge is 0.361 e. The van der Waals surface area contributed by atoms with Gasteiger partial charge in [-0.2, -0.15) is 0 Å². The van der Waals surface area contributed by atoms with E-state index in [1.165, 1.54) is 16.9 Å². The molecule has 0 saturated carbocycles. The number of likely N-dealkylation sites (tertiary alicyclic amines) is 1. The minimum Gasteiger partial charge on any atom is -0.361 e. The molecule has 35 heavy (non-hydrogen) atoms. The van der Waals surface area contributed by atoms with Gasteiger partial charge < -0.3 is 14.7 Å². The number of aryl methyl sites for hydroxylation is 4. The minimum atomic E-state index is -0.0878. The summed E-state index contributed by atoms with van der Waals surface area (Å²) in [6.45, 7) is 11.7. The molecule has 1 aliphatic heterocycles. The summed E-state index contributed by atoms with van der Waals surface area (Å²) in [5, 5.41) is 7.91. The quantitative estimate of drug-likeness (QED) is 0.506. The summed E-state index contributed by atoms with van der Waals surface area (Å²) < 4.78 is 5.19. The number of aromatic nitrogens is 2. The van der Waals surface area contributed by atoms with Crippen LogP contribution in [-0.2, 0) is 11.2 Å². The van der Waals surface area contributed by atoms with Crippen molar-refractivity contribution in [1.29, 1.82) is 0 Å². The standard InChI is InChI=1S/C27H34N4O3S/c1-16-6-8-22(9-7-16)26-29-19(4)24(35-26)27(33)31-14-11-21(12-15-31)17(2)25(32)28-13-10-23-18(3)30-34-20(23)5/h6-9,17,21H,10-15H2,1-5H3,(H,28,32)/t17-/m1/s1. The number of thiazole rings is 1. The number of rotatable bonds is 7. The Labute approximate surface area is 210 Å². The van der Waals surface area contributed by atoms with Crippen molar-refractivity contribution in [3.8, 4) is 10.6 Å². The van der Waals surface area contributed by atoms with Gasteiger partial charge in [0.25, 0.3) is 5.91 Å². The summed E-state index contributed by atoms with van der Waals surface area (Å²) in [5.74, 6) is 1.11. The lowest BCUT2D eigenvalue weighted by Crippen LogP contribution is -2.43. The second-order valence-electron chi connectivity index (χ2n) is 9.56. The lowest BCUT2D eigenvalue weighted by molar-refractivity contribution is -0.126. The van der Waals surface area contributed by atoms with Crippen molar-refractivity contribution < 1.29 is 14.1 Å². The third kappa shape index (κ3) is 5.64. The molecule has 1 fully saturated rings. The fraction of sp³-hybridized carbons (Fsp3) is 0.481. The number of nitrogens with zero attached hydrogens (tertiary/aromatic N) is 3. The highest BCUT2D eigenvalue weighted by molar-refractivity contribution is 7.17. The molecule has 8 heteroatoms. The molecule has 7 nitrogen and oxygen atoms in total. The molecule has 1 aromatic carbocycles. The highest BCUT2D eigenvalue weighted by Crippen LogP contribution is 2.31. The van der Waals surface area contributed by atoms with Crippen molar-refractivity contribution in [2.24, 2.45) is 11.8 Å². The van der Waals surface area contributed by atoms with Crippen LogP contribution in [0.25, 0.3) is 10.6 Å². The molecule has 2 amide bonds. The van der Waals surface area contributed by atoms with Crippen molar-refractivity contribution in [1.82, 2.24) is 20.4 Å². The van der Waals surface area contributed by atoms with Crippen LogP contribution in [-0.4, -0.2) is 46.5 Å². The summed E-state index contributed by atoms with van der Waals surface area (Å²) in [4.78, 5) is 33.3. The van der Waals surface area contributed by atoms with Gasteiger partial charge in [-0.1, -0.05) is 41.9 Å². The zero-order valence-corrected chi connectivity index (χ0v) is 22.0. The molecule has 0 unspecified atom stereocenters. The van der Waals surface area contributed by atoms with Gasteiger partial charge in [-0.05, 0) is 52.9 Å². The zero-order chi connectivity index (χ0) is 25.1. The number of carbonyl (C=O) groups excluding carboxylic acids is 2. The van der Waals surface area contributed by atoms with Gasteiger partial charge in [-0.15, -0.1) is 11.3 Å². The van der Waals surface area contributed by atoms with Crippen LogP contribution in [0.3, 0.4) is 0 Å². The molecule has 3 heterocycles. The van der Waals surface area contributed by atoms with E-state index < -0.39 is 0 Å². The number of carbonyl (C=O) groups is 2. The summed E-state index contributed by atoms with van der Waals surface area (Å²) in [5.41, 5.74) is 4.96. The maximum Gasteiger partial charge on any atom is 0.265 e. The van der Waals surface area contributed by atoms with Gasteiger partial charge >= 0.3 is 0 Å². The van der Waals surface area contributed by atoms with Gasteiger partial charge in [-0.25, -0.2) is 4.98 Å². The molecule has 186 valence electrons. The van der Waals surface area contributed by atoms with Crippen LogP contribution < -0.4 is 5.32 Å². The van der Waals surface area contributed by atoms with Crippen LogP contribution >= 0.6 is 11.3 Å². The first kappa shape index (κ1) is 25.1. The Morgan fingerprint density at radius 3 is 2.43 bits per heavy atom. The minimum absolute atomic E-state index is 0.0494. The molecule has 0 aliphatic carbocycles. The highest BCUT2D eigenvalue weighted by atomic mass is 32.1. The molecular weight excluding hydrogens is 460 g/mol. The molecule has 4 rings (SSSR count). The Morgan fingerprint density at radius 1 is 1.11 bits per heavy atom. The lowest BCUT2D eigenvalue weighted by atomic mass is 9.84. The molecule has 1 saturated heterocycles. The average Bonchev–Trinajstić information content (AvgIpc) is 3.40. The summed E-state index contributed by atoms with van der Waals surface area (Å²) in [6.07, 6.45) is 2.37. The zero-order valence-electron chi connectivity index (χ0n) is 21.2. The van der Waals surface area contributed by atoms with E-state index in [0.29, 0.717) is 30.9 Å². The van der Waals surface area contributed by atoms with Crippen LogP contribution in [0.4, 0.5) is 0 Å². The van der Waals surface area contributed by atoms with Crippen LogP contribution in [0, 0.1) is 39.5 Å². The van der Waals surface area contributed by atoms with E-state index in [4.69, 9.17) is 4.52 Å². The molecule has 0 spiro atoms. The maximum atomic E-state index is 13.2. The molecular formula is C27H34N4O3S. The topological polar surface area (TPSA) is 88.3 Å². The second-order valence-corrected chi connectivity index (χ2v) is 10.6. The van der Waals surface area contributed by atoms with Gasteiger partial charge in [0.2, 0.25) is 5.91 Å². The van der Waals surface area contributed by atoms with E-state index in [0.717, 1.165) is 46.1 Å². The Hall–Kier alpha value is -3.00. The third-order valence-electron chi connectivity index (χ3n) is 7.09. The fourth-order valence-electron chi connectivity index (χ4n) is 4.71. The molecule has 0 bridgehead atoms. The highest BCUT2D eigenvalue weighted by Gasteiger charge is 2.31. The molecule has 1 N–H and O–H groups in total. The number of nitrogens with one attached hydrogen (secondary N) is 1. The van der Waals surface area contributed by atoms with E-state index in [1.807, 2.05) is 44.7 Å². The number of piperidine rings is 1. The molecule has 3 aromatic rings. The van der Waals surface area contributed by atoms with Crippen molar-refractivity contribution in [3.63, 3.8) is 0 Å². The number of amides is 2. The average molecular weight is 495 g/mol. The van der Waals surface area contributed by atoms with Gasteiger partial charge in [0.15, 0.2) is 0 Å². The van der Waals surface area contributed by atoms with Crippen LogP contribution in [0.5, 0.6) is 0 Å². The number of benzene rings is 1. The Bertz CT molecular complexity index is 1170. The predicted octanol–water partition coefficient (Wildman–Crippen LogP) is 4.88. The number of hydrogen-bond acceptors (Lipinski definition) is 6. The van der Waals surface area contributed by atoms with E-state index in [1.54, 1.807) is 0 Å². The Balaban J connectivity index is 1.29. The normalized spacial score (nSPS) is 15.3. The Morgan fingerprint density at radius 2 is 1.80 bits per heavy atom. The van der Waals surface area contributed by atoms with E-state index >= 15 is 0 Å². The smallest absolute Gasteiger partial charge is 0.265 e. The summed E-state index contributed by atoms with van der Waals surface area (Å²) in [6, 6.07) is 8.22. The molecule has 0 radical (unpaired) electrons. The van der Waals surface area contributed by atoms with E-state index in [9.17, 15) is 9.59 Å². The predicted molar refractivity (Wildman–Crippen MR) is 138 cm³/mol. The van der Waals surface area contributed by atoms with Crippen LogP contribution in [0.2, 0.25) is 0 Å². The van der Waals surface area contributed by atoms with Crippen LogP contribution in [0.1, 0.15) is 57.7 Å². The van der Waals surface area contributed by atoms with Gasteiger partial charge in [0.05, 0.1) is 11.4 Å². The van der Waals surface area contributed by atoms with Gasteiger partial charge in [0.1, 0.15) is 15.6 Å². The molecule has 1 aliphatic rings. The third-order valence-corrected chi connectivity index (χ3v) is 8.29. The second kappa shape index (κ2) is 10.7. The van der Waals surface area contributed by atoms with Crippen molar-refractivity contribution in [2.75, 3.05) is 19.6 Å². The van der Waals surface area contributed by atoms with Gasteiger partial charge in [-0.3, -0.25) is 9.59 Å². The van der Waals surface area contributed by atoms with E-state index in [2.05, 4.69) is 34.5 Å². The Kier molecular flexibility index (Phi) is 7.69. The van der Waals surface area contributed by atoms with Crippen molar-refractivity contribution in [2.45, 2.75) is 53.9 Å². The fourth-order valence-corrected chi connectivity index (χ4v) is 5.74. The van der Waals surface area contributed by atoms with Crippen molar-refractivity contribution >= 4 is 23.2 Å². The monoisotopic (exact) mass is 494 g/mol. The van der Waals surface area contributed by atoms with E-state index in [-0.39, 0.29) is 23.7 Å². The summed E-state index contributed by atoms with van der Waals surface area (Å²) >= 11 is 1.46. The number of hydrogen-bond donors (Lipinski definition) is 1. The van der Waals surface area contributed by atoms with Gasteiger partial charge in [0, 0.05) is 36.7 Å². The lowest BCUT2D eigenvalue weighted by Gasteiger charge is -2.34. The van der Waals surface area contributed by atoms with Crippen LogP contribution in [0.15, 0.2) is 28.8 Å². The van der Waals surface area contributed by atoms with Crippen molar-refractivity contribution in [3.05, 3.63) is 57.4 Å². The summed E-state index contributed by atoms with van der Waals surface area (Å²) in [7, 11) is 0. The molecule has 2 aromatic heterocycles. The molecule has 1 atom stereocenters.